The van der Waals surface area contributed by atoms with Gasteiger partial charge in [-0.15, -0.1) is 23.8 Å². The molecule has 74 heavy (non-hydrogen) atoms. The second-order valence-electron chi connectivity index (χ2n) is 22.8. The molecule has 4 nitrogen and oxygen atoms in total. The van der Waals surface area contributed by atoms with Crippen LogP contribution < -0.4 is 0 Å². The van der Waals surface area contributed by atoms with E-state index in [1.54, 1.807) is 0 Å². The minimum Gasteiger partial charge on any atom is -0.507 e. The zero-order valence-corrected chi connectivity index (χ0v) is 46.8. The van der Waals surface area contributed by atoms with Gasteiger partial charge in [-0.25, -0.2) is 4.98 Å². The fourth-order valence-corrected chi connectivity index (χ4v) is 10.2. The van der Waals surface area contributed by atoms with Crippen molar-refractivity contribution >= 4 is 11.0 Å². The molecule has 10 aromatic rings. The Morgan fingerprint density at radius 1 is 0.500 bits per heavy atom. The molecule has 5 heteroatoms. The number of rotatable bonds is 9. The molecule has 0 aliphatic heterocycles. The van der Waals surface area contributed by atoms with Gasteiger partial charge in [-0.2, -0.15) is 0 Å². The van der Waals surface area contributed by atoms with E-state index in [9.17, 15) is 6.48 Å². The molecule has 0 aliphatic rings. The van der Waals surface area contributed by atoms with Crippen LogP contribution in [-0.2, 0) is 37.3 Å². The molecular weight excluding hydrogens is 1080 g/mol. The Labute approximate surface area is 454 Å². The first-order valence-electron chi connectivity index (χ1n) is 26.0. The fourth-order valence-electron chi connectivity index (χ4n) is 10.2. The number of benzene rings is 8. The van der Waals surface area contributed by atoms with E-state index in [2.05, 4.69) is 243 Å². The zero-order valence-electron chi connectivity index (χ0n) is 45.5. The molecular formula is C69H66N3OPt-. The van der Waals surface area contributed by atoms with Crippen LogP contribution in [0.2, 0.25) is 0 Å². The second kappa shape index (κ2) is 20.3. The predicted molar refractivity (Wildman–Crippen MR) is 308 cm³/mol. The molecule has 374 valence electrons. The first-order valence-corrected chi connectivity index (χ1v) is 25.5. The Kier molecular flexibility index (Phi) is 13.8. The summed E-state index contributed by atoms with van der Waals surface area (Å²) in [4.78, 5) is 10.6. The molecule has 10 rings (SSSR count). The van der Waals surface area contributed by atoms with Gasteiger partial charge in [0.25, 0.3) is 0 Å². The van der Waals surface area contributed by atoms with E-state index in [4.69, 9.17) is 9.97 Å². The first kappa shape index (κ1) is 50.4. The van der Waals surface area contributed by atoms with Crippen molar-refractivity contribution in [3.63, 3.8) is 0 Å². The number of aromatic nitrogens is 3. The van der Waals surface area contributed by atoms with E-state index in [0.29, 0.717) is 11.4 Å². The maximum Gasteiger partial charge on any atom is 0.148 e. The minimum absolute atomic E-state index is 0. The number of hydrogen-bond acceptors (Lipinski definition) is 3. The van der Waals surface area contributed by atoms with Crippen LogP contribution in [0.25, 0.3) is 95.0 Å². The number of nitrogens with zero attached hydrogens (tertiary/aromatic N) is 3. The van der Waals surface area contributed by atoms with Crippen LogP contribution in [0.1, 0.15) is 106 Å². The van der Waals surface area contributed by atoms with Gasteiger partial charge in [-0.3, -0.25) is 9.55 Å². The fraction of sp³-hybridized carbons (Fsp3) is 0.217. The van der Waals surface area contributed by atoms with Crippen molar-refractivity contribution in [2.24, 2.45) is 0 Å². The van der Waals surface area contributed by atoms with Crippen LogP contribution in [0, 0.1) is 6.07 Å². The van der Waals surface area contributed by atoms with Crippen molar-refractivity contribution in [3.05, 3.63) is 217 Å². The average Bonchev–Trinajstić information content (AvgIpc) is 3.78. The maximum atomic E-state index is 12.6. The SMILES string of the molecule is [2H]C(C)(C)c1cc(-n2c(-c3cc(C(C)(C)C)cc(C(C)(C)C)c3O)nc3c(-c4[c-]c(-c5cc(-c6ccc(-c7ccccc7)cc6)ccn5)cc(-c5ccccc5)c4)cccc32)ccc1-c1ccccc1C(C)(C)C.[Pt]. The summed E-state index contributed by atoms with van der Waals surface area (Å²) >= 11 is 0. The topological polar surface area (TPSA) is 50.9 Å². The molecule has 0 bridgehead atoms. The number of hydrogen-bond donors (Lipinski definition) is 1. The third-order valence-corrected chi connectivity index (χ3v) is 14.2. The third kappa shape index (κ3) is 10.2. The summed E-state index contributed by atoms with van der Waals surface area (Å²) in [6.07, 6.45) is 1.89. The van der Waals surface area contributed by atoms with Crippen LogP contribution >= 0.6 is 0 Å². The van der Waals surface area contributed by atoms with Crippen LogP contribution in [0.4, 0.5) is 0 Å². The molecule has 1 N–H and O–H groups in total. The quantitative estimate of drug-likeness (QED) is 0.147. The van der Waals surface area contributed by atoms with E-state index < -0.39 is 5.89 Å². The summed E-state index contributed by atoms with van der Waals surface area (Å²) in [5.74, 6) is -0.141. The molecule has 0 saturated carbocycles. The molecule has 0 unspecified atom stereocenters. The van der Waals surface area contributed by atoms with E-state index in [1.807, 2.05) is 32.2 Å². The van der Waals surface area contributed by atoms with Gasteiger partial charge >= 0.3 is 0 Å². The predicted octanol–water partition coefficient (Wildman–Crippen LogP) is 18.6. The van der Waals surface area contributed by atoms with Crippen molar-refractivity contribution in [1.29, 1.82) is 0 Å². The Bertz CT molecular complexity index is 3700. The summed E-state index contributed by atoms with van der Waals surface area (Å²) in [7, 11) is 0. The van der Waals surface area contributed by atoms with Crippen LogP contribution in [0.15, 0.2) is 188 Å². The molecule has 8 aromatic carbocycles. The zero-order chi connectivity index (χ0) is 52.3. The number of phenolic OH excluding ortho intramolecular Hbond substituents is 1. The smallest absolute Gasteiger partial charge is 0.148 e. The Morgan fingerprint density at radius 2 is 1.08 bits per heavy atom. The number of para-hydroxylation sites is 1. The molecule has 0 fully saturated rings. The Balaban J connectivity index is 0.00000689. The largest absolute Gasteiger partial charge is 0.507 e. The van der Waals surface area contributed by atoms with Crippen LogP contribution in [-0.4, -0.2) is 19.6 Å². The Morgan fingerprint density at radius 3 is 1.72 bits per heavy atom. The molecule has 0 aliphatic carbocycles. The van der Waals surface area contributed by atoms with E-state index in [-0.39, 0.29) is 43.1 Å². The summed E-state index contributed by atoms with van der Waals surface area (Å²) in [6, 6.07) is 67.8. The van der Waals surface area contributed by atoms with Crippen LogP contribution in [0.5, 0.6) is 5.75 Å². The normalized spacial score (nSPS) is 12.4. The standard InChI is InChI=1S/C69H66N3O.Pt/c1-44(2)58-43-54(33-34-56(58)57-25-18-19-27-60(57)68(6,7)8)72-63-28-20-26-55(64(63)71-66(72)59-41-53(67(3,4)5)42-61(65(59)73)69(9,10)11)51-37-50(46-23-16-13-17-24-46)38-52(39-51)62-40-49(35-36-70-62)48-31-29-47(30-32-48)45-21-14-12-15-22-45;/h12-38,40-44,73H,1-11H3;/q-1;/i44D;. The van der Waals surface area contributed by atoms with Gasteiger partial charge in [0.15, 0.2) is 0 Å². The third-order valence-electron chi connectivity index (χ3n) is 14.2. The molecule has 0 atom stereocenters. The summed E-state index contributed by atoms with van der Waals surface area (Å²) in [6.45, 7) is 23.8. The number of pyridine rings is 1. The molecule has 0 spiro atoms. The molecule has 2 heterocycles. The number of aromatic hydroxyl groups is 1. The van der Waals surface area contributed by atoms with Gasteiger partial charge in [0, 0.05) is 45.6 Å². The van der Waals surface area contributed by atoms with Crippen molar-refractivity contribution in [3.8, 4) is 89.7 Å². The monoisotopic (exact) mass is 1150 g/mol. The minimum atomic E-state index is -0.966. The molecule has 2 aromatic heterocycles. The summed E-state index contributed by atoms with van der Waals surface area (Å²) in [5.41, 5.74) is 18.7. The number of phenols is 1. The van der Waals surface area contributed by atoms with Crippen molar-refractivity contribution in [2.75, 3.05) is 0 Å². The van der Waals surface area contributed by atoms with Gasteiger partial charge in [-0.05, 0) is 108 Å². The van der Waals surface area contributed by atoms with Crippen molar-refractivity contribution in [2.45, 2.75) is 98.3 Å². The number of imidazole rings is 1. The average molecular weight is 1150 g/mol. The molecule has 0 amide bonds. The van der Waals surface area contributed by atoms with Gasteiger partial charge < -0.3 is 5.11 Å². The van der Waals surface area contributed by atoms with Gasteiger partial charge in [0.1, 0.15) is 11.6 Å². The van der Waals surface area contributed by atoms with Gasteiger partial charge in [0.05, 0.1) is 16.6 Å². The van der Waals surface area contributed by atoms with Crippen LogP contribution in [0.3, 0.4) is 0 Å². The number of fused-ring (bicyclic) bond motifs is 1. The second-order valence-corrected chi connectivity index (χ2v) is 22.8. The maximum absolute atomic E-state index is 12.6. The van der Waals surface area contributed by atoms with Gasteiger partial charge in [-0.1, -0.05) is 232 Å². The summed E-state index contributed by atoms with van der Waals surface area (Å²) in [5, 5.41) is 12.6. The Hall–Kier alpha value is -7.13. The van der Waals surface area contributed by atoms with E-state index >= 15 is 0 Å². The molecule has 0 saturated heterocycles. The van der Waals surface area contributed by atoms with Crippen molar-refractivity contribution < 1.29 is 27.5 Å². The van der Waals surface area contributed by atoms with E-state index in [1.165, 1.54) is 16.7 Å². The molecule has 0 radical (unpaired) electrons. The van der Waals surface area contributed by atoms with E-state index in [0.717, 1.165) is 89.2 Å². The van der Waals surface area contributed by atoms with Gasteiger partial charge in [0.2, 0.25) is 0 Å². The first-order chi connectivity index (χ1) is 35.1. The summed E-state index contributed by atoms with van der Waals surface area (Å²) < 4.78 is 11.9. The van der Waals surface area contributed by atoms with Crippen molar-refractivity contribution in [1.82, 2.24) is 14.5 Å².